The Morgan fingerprint density at radius 3 is 1.40 bits per heavy atom. The lowest BCUT2D eigenvalue weighted by Gasteiger charge is -1.99. The Morgan fingerprint density at radius 2 is 1.00 bits per heavy atom. The molecule has 0 saturated carbocycles. The van der Waals surface area contributed by atoms with Gasteiger partial charge in [-0.1, -0.05) is 0 Å². The Kier molecular flexibility index (Phi) is 4.31. The summed E-state index contributed by atoms with van der Waals surface area (Å²) < 4.78 is 0. The number of nitrogens with one attached hydrogen (secondary N) is 4. The third kappa shape index (κ3) is 3.78. The van der Waals surface area contributed by atoms with Gasteiger partial charge in [0.1, 0.15) is 0 Å². The molecule has 5 nitrogen and oxygen atoms in total. The van der Waals surface area contributed by atoms with E-state index in [1.165, 1.54) is 28.5 Å². The number of aromatic amines is 4. The highest BCUT2D eigenvalue weighted by Gasteiger charge is 2.06. The largest absolute Gasteiger partial charge is 0.390 e. The number of aliphatic hydroxyl groups excluding tert-OH is 1. The van der Waals surface area contributed by atoms with Crippen LogP contribution < -0.4 is 0 Å². The highest BCUT2D eigenvalue weighted by molar-refractivity contribution is 5.26. The molecule has 0 aliphatic heterocycles. The molecule has 0 amide bonds. The molecule has 0 saturated heterocycles. The van der Waals surface area contributed by atoms with Crippen molar-refractivity contribution in [1.29, 1.82) is 0 Å². The van der Waals surface area contributed by atoms with Crippen LogP contribution in [0.4, 0.5) is 0 Å². The summed E-state index contributed by atoms with van der Waals surface area (Å²) >= 11 is 0. The first kappa shape index (κ1) is 15.6. The van der Waals surface area contributed by atoms with Crippen molar-refractivity contribution in [2.75, 3.05) is 0 Å². The molecule has 0 fully saturated rings. The van der Waals surface area contributed by atoms with Crippen LogP contribution in [0.3, 0.4) is 0 Å². The first-order valence-electron chi connectivity index (χ1n) is 8.52. The fraction of sp³-hybridized carbons (Fsp3) is 0.200. The number of aliphatic hydroxyl groups is 1. The molecule has 4 aromatic rings. The zero-order chi connectivity index (χ0) is 17.1. The molecule has 25 heavy (non-hydrogen) atoms. The van der Waals surface area contributed by atoms with Gasteiger partial charge >= 0.3 is 0 Å². The minimum Gasteiger partial charge on any atom is -0.390 e. The van der Waals surface area contributed by atoms with Crippen molar-refractivity contribution >= 4 is 0 Å². The predicted octanol–water partition coefficient (Wildman–Crippen LogP) is 3.26. The molecule has 5 N–H and O–H groups in total. The van der Waals surface area contributed by atoms with E-state index in [9.17, 15) is 0 Å². The Hall–Kier alpha value is -2.92. The summed E-state index contributed by atoms with van der Waals surface area (Å²) in [5, 5.41) is 9.12. The minimum atomic E-state index is 0.0492. The second-order valence-electron chi connectivity index (χ2n) is 6.41. The summed E-state index contributed by atoms with van der Waals surface area (Å²) in [7, 11) is 0. The molecule has 0 radical (unpaired) electrons. The Balaban J connectivity index is 1.38. The van der Waals surface area contributed by atoms with Gasteiger partial charge in [0.2, 0.25) is 0 Å². The average molecular weight is 334 g/mol. The van der Waals surface area contributed by atoms with Crippen LogP contribution in [0.2, 0.25) is 0 Å². The van der Waals surface area contributed by atoms with E-state index < -0.39 is 0 Å². The first-order valence-corrected chi connectivity index (χ1v) is 8.52. The van der Waals surface area contributed by atoms with E-state index in [0.29, 0.717) is 0 Å². The van der Waals surface area contributed by atoms with Crippen LogP contribution in [0.1, 0.15) is 39.9 Å². The van der Waals surface area contributed by atoms with Gasteiger partial charge in [0.25, 0.3) is 0 Å². The van der Waals surface area contributed by atoms with Gasteiger partial charge in [-0.3, -0.25) is 0 Å². The zero-order valence-corrected chi connectivity index (χ0v) is 14.0. The highest BCUT2D eigenvalue weighted by atomic mass is 16.3. The highest BCUT2D eigenvalue weighted by Crippen LogP contribution is 2.14. The van der Waals surface area contributed by atoms with Crippen LogP contribution >= 0.6 is 0 Å². The van der Waals surface area contributed by atoms with Gasteiger partial charge in [0.05, 0.1) is 6.61 Å². The lowest BCUT2D eigenvalue weighted by atomic mass is 10.2. The fourth-order valence-electron chi connectivity index (χ4n) is 3.17. The average Bonchev–Trinajstić information content (AvgIpc) is 3.38. The third-order valence-corrected chi connectivity index (χ3v) is 4.40. The van der Waals surface area contributed by atoms with Gasteiger partial charge in [-0.05, 0) is 48.5 Å². The van der Waals surface area contributed by atoms with Crippen LogP contribution in [0.5, 0.6) is 0 Å². The number of hydrogen-bond acceptors (Lipinski definition) is 1. The SMILES string of the molecule is OCc1ccc(Cc2ccc(Cc3ccc(Cc4ccc[nH]4)[nH]3)[nH]2)[nH]1. The molecule has 0 bridgehead atoms. The number of H-pyrrole nitrogens is 4. The first-order chi connectivity index (χ1) is 12.3. The molecule has 5 heteroatoms. The van der Waals surface area contributed by atoms with Gasteiger partial charge in [0.15, 0.2) is 0 Å². The quantitative estimate of drug-likeness (QED) is 0.353. The molecule has 4 aromatic heterocycles. The van der Waals surface area contributed by atoms with Gasteiger partial charge < -0.3 is 25.0 Å². The van der Waals surface area contributed by atoms with Crippen molar-refractivity contribution in [2.45, 2.75) is 25.9 Å². The van der Waals surface area contributed by atoms with Crippen LogP contribution in [0.15, 0.2) is 54.7 Å². The summed E-state index contributed by atoms with van der Waals surface area (Å²) in [4.78, 5) is 13.4. The van der Waals surface area contributed by atoms with Gasteiger partial charge in [-0.15, -0.1) is 0 Å². The van der Waals surface area contributed by atoms with E-state index in [2.05, 4.69) is 50.3 Å². The molecular formula is C20H22N4O. The Labute approximate surface area is 146 Å². The predicted molar refractivity (Wildman–Crippen MR) is 97.5 cm³/mol. The smallest absolute Gasteiger partial charge is 0.0830 e. The van der Waals surface area contributed by atoms with Crippen molar-refractivity contribution in [2.24, 2.45) is 0 Å². The van der Waals surface area contributed by atoms with Crippen LogP contribution in [0.25, 0.3) is 0 Å². The van der Waals surface area contributed by atoms with Crippen LogP contribution in [-0.2, 0) is 25.9 Å². The van der Waals surface area contributed by atoms with Crippen molar-refractivity contribution in [1.82, 2.24) is 19.9 Å². The van der Waals surface area contributed by atoms with Gasteiger partial charge in [0, 0.05) is 65.3 Å². The van der Waals surface area contributed by atoms with Gasteiger partial charge in [-0.25, -0.2) is 0 Å². The lowest BCUT2D eigenvalue weighted by Crippen LogP contribution is -1.94. The third-order valence-electron chi connectivity index (χ3n) is 4.40. The zero-order valence-electron chi connectivity index (χ0n) is 14.0. The standard InChI is InChI=1S/C20H22N4O/c25-13-20-8-7-19(24-20)12-18-6-5-17(23-18)11-16-4-3-15(22-16)10-14-2-1-9-21-14/h1-9,21-25H,10-13H2. The number of hydrogen-bond donors (Lipinski definition) is 5. The fourth-order valence-corrected chi connectivity index (χ4v) is 3.17. The second-order valence-corrected chi connectivity index (χ2v) is 6.41. The van der Waals surface area contributed by atoms with Crippen molar-refractivity contribution < 1.29 is 5.11 Å². The van der Waals surface area contributed by atoms with E-state index >= 15 is 0 Å². The maximum Gasteiger partial charge on any atom is 0.0830 e. The molecule has 0 aliphatic carbocycles. The van der Waals surface area contributed by atoms with E-state index in [1.54, 1.807) is 0 Å². The Bertz CT molecular complexity index is 927. The van der Waals surface area contributed by atoms with Gasteiger partial charge in [-0.2, -0.15) is 0 Å². The van der Waals surface area contributed by atoms with E-state index in [4.69, 9.17) is 5.11 Å². The van der Waals surface area contributed by atoms with Crippen LogP contribution in [-0.4, -0.2) is 25.0 Å². The number of rotatable bonds is 7. The second kappa shape index (κ2) is 6.91. The molecule has 0 aliphatic rings. The summed E-state index contributed by atoms with van der Waals surface area (Å²) in [6.45, 7) is 0.0492. The minimum absolute atomic E-state index is 0.0492. The molecule has 0 atom stereocenters. The maximum absolute atomic E-state index is 9.12. The summed E-state index contributed by atoms with van der Waals surface area (Å²) in [5.74, 6) is 0. The van der Waals surface area contributed by atoms with E-state index in [0.717, 1.165) is 30.7 Å². The Morgan fingerprint density at radius 1 is 0.560 bits per heavy atom. The summed E-state index contributed by atoms with van der Waals surface area (Å²) in [6.07, 6.45) is 4.51. The van der Waals surface area contributed by atoms with E-state index in [-0.39, 0.29) is 6.61 Å². The molecular weight excluding hydrogens is 312 g/mol. The monoisotopic (exact) mass is 334 g/mol. The van der Waals surface area contributed by atoms with Crippen LogP contribution in [0, 0.1) is 0 Å². The number of aromatic nitrogens is 4. The molecule has 128 valence electrons. The maximum atomic E-state index is 9.12. The topological polar surface area (TPSA) is 83.4 Å². The normalized spacial score (nSPS) is 11.2. The molecule has 4 heterocycles. The molecule has 0 spiro atoms. The van der Waals surface area contributed by atoms with E-state index in [1.807, 2.05) is 24.4 Å². The summed E-state index contributed by atoms with van der Waals surface area (Å²) in [6, 6.07) is 16.6. The van der Waals surface area contributed by atoms with Crippen molar-refractivity contribution in [3.63, 3.8) is 0 Å². The molecule has 0 aromatic carbocycles. The lowest BCUT2D eigenvalue weighted by molar-refractivity contribution is 0.277. The molecule has 4 rings (SSSR count). The van der Waals surface area contributed by atoms with Crippen molar-refractivity contribution in [3.8, 4) is 0 Å². The summed E-state index contributed by atoms with van der Waals surface area (Å²) in [5.41, 5.74) is 7.94. The molecule has 0 unspecified atom stereocenters. The van der Waals surface area contributed by atoms with Crippen molar-refractivity contribution in [3.05, 3.63) is 94.6 Å².